The first kappa shape index (κ1) is 16.7. The Morgan fingerprint density at radius 3 is 2.57 bits per heavy atom. The minimum atomic E-state index is -0.159. The second-order valence-electron chi connectivity index (χ2n) is 2.85. The molecule has 1 rings (SSSR count). The van der Waals surface area contributed by atoms with E-state index in [0.29, 0.717) is 0 Å². The van der Waals surface area contributed by atoms with Gasteiger partial charge in [0.2, 0.25) is 0 Å². The number of rotatable bonds is 3. The first-order valence-electron chi connectivity index (χ1n) is 4.19. The fraction of sp³-hybridized carbons (Fsp3) is 0.400. The van der Waals surface area contributed by atoms with Gasteiger partial charge < -0.3 is 6.74 Å². The third kappa shape index (κ3) is 5.20. The summed E-state index contributed by atoms with van der Waals surface area (Å²) in [7, 11) is 0. The Morgan fingerprint density at radius 2 is 2.07 bits per heavy atom. The predicted molar refractivity (Wildman–Crippen MR) is 55.4 cm³/mol. The van der Waals surface area contributed by atoms with Crippen molar-refractivity contribution >= 4 is 17.4 Å². The number of benzene rings is 1. The smallest absolute Gasteiger partial charge is 1.00 e. The molecule has 4 heteroatoms. The molecule has 0 unspecified atom stereocenters. The minimum Gasteiger partial charge on any atom is -1.00 e. The molecular weight excluding hydrogens is 187 g/mol. The summed E-state index contributed by atoms with van der Waals surface area (Å²) in [4.78, 5) is 0. The molecule has 0 aliphatic rings. The zero-order valence-electron chi connectivity index (χ0n) is 10.1. The third-order valence-electron chi connectivity index (χ3n) is 1.87. The molecule has 0 aliphatic heterocycles. The third-order valence-corrected chi connectivity index (χ3v) is 1.87. The van der Waals surface area contributed by atoms with Gasteiger partial charge in [0.15, 0.2) is 0 Å². The summed E-state index contributed by atoms with van der Waals surface area (Å²) in [5, 5.41) is 3.20. The molecule has 3 radical (unpaired) electrons. The van der Waals surface area contributed by atoms with E-state index in [-0.39, 0.29) is 43.5 Å². The molecule has 0 saturated carbocycles. The average Bonchev–Trinajstić information content (AvgIpc) is 2.03. The van der Waals surface area contributed by atoms with Crippen LogP contribution in [0.4, 0.5) is 4.39 Å². The van der Waals surface area contributed by atoms with Crippen LogP contribution in [0.1, 0.15) is 19.5 Å². The monoisotopic (exact) mass is 202 g/mol. The Balaban J connectivity index is -0.000000480. The molecule has 1 aromatic rings. The van der Waals surface area contributed by atoms with Crippen molar-refractivity contribution < 1.29 is 24.7 Å². The largest absolute Gasteiger partial charge is 1.00 e. The normalized spacial score (nSPS) is 8.79. The summed E-state index contributed by atoms with van der Waals surface area (Å²) < 4.78 is 12.6. The molecule has 1 nitrogen and oxygen atoms in total. The topological polar surface area (TPSA) is 12.0 Å². The Hall–Kier alpha value is 0.240. The van der Waals surface area contributed by atoms with Crippen LogP contribution in [-0.4, -0.2) is 23.9 Å². The fourth-order valence-corrected chi connectivity index (χ4v) is 1.12. The Labute approximate surface area is 109 Å². The molecule has 0 aliphatic carbocycles. The maximum absolute atomic E-state index is 12.6. The van der Waals surface area contributed by atoms with Gasteiger partial charge in [-0.2, -0.15) is 0 Å². The molecule has 0 aromatic heterocycles. The van der Waals surface area contributed by atoms with Crippen molar-refractivity contribution in [1.29, 1.82) is 0 Å². The van der Waals surface area contributed by atoms with Gasteiger partial charge in [-0.3, -0.25) is 0 Å². The minimum absolute atomic E-state index is 0. The van der Waals surface area contributed by atoms with Crippen LogP contribution in [-0.2, 0) is 6.54 Å². The molecule has 0 atom stereocenters. The van der Waals surface area contributed by atoms with Crippen LogP contribution in [0.3, 0.4) is 0 Å². The van der Waals surface area contributed by atoms with Crippen LogP contribution in [0.25, 0.3) is 0 Å². The standard InChI is InChI=1S/C10H14FN.Al.Li.H/c1-3-12-7-9-4-5-10(11)6-8(9)2;;;/h4-6,12H,3,7H2,1-2H3;;;/q;;+1;-1. The van der Waals surface area contributed by atoms with Gasteiger partial charge in [0.05, 0.1) is 0 Å². The number of halogens is 1. The molecule has 0 saturated heterocycles. The van der Waals surface area contributed by atoms with E-state index in [2.05, 4.69) is 12.2 Å². The second-order valence-corrected chi connectivity index (χ2v) is 2.85. The van der Waals surface area contributed by atoms with Crippen molar-refractivity contribution in [3.8, 4) is 0 Å². The molecule has 1 aromatic carbocycles. The van der Waals surface area contributed by atoms with Gasteiger partial charge in [-0.15, -0.1) is 0 Å². The molecule has 0 fully saturated rings. The Kier molecular flexibility index (Phi) is 10.2. The first-order chi connectivity index (χ1) is 5.74. The Bertz CT molecular complexity index is 274. The molecule has 14 heavy (non-hydrogen) atoms. The van der Waals surface area contributed by atoms with E-state index in [1.165, 1.54) is 11.6 Å². The second kappa shape index (κ2) is 8.54. The summed E-state index contributed by atoms with van der Waals surface area (Å²) in [5.41, 5.74) is 2.18. The van der Waals surface area contributed by atoms with Gasteiger partial charge in [-0.25, -0.2) is 4.39 Å². The molecular formula is C10H15AlFLiN. The van der Waals surface area contributed by atoms with E-state index < -0.39 is 0 Å². The SMILES string of the molecule is CCNCc1ccc(F)cc1C.[Al].[H-].[Li+]. The number of nitrogens with one attached hydrogen (secondary N) is 1. The summed E-state index contributed by atoms with van der Waals surface area (Å²) in [6.07, 6.45) is 0. The summed E-state index contributed by atoms with van der Waals surface area (Å²) >= 11 is 0. The maximum atomic E-state index is 12.6. The van der Waals surface area contributed by atoms with Crippen LogP contribution in [0.15, 0.2) is 18.2 Å². The molecule has 0 spiro atoms. The van der Waals surface area contributed by atoms with E-state index in [1.54, 1.807) is 6.07 Å². The van der Waals surface area contributed by atoms with E-state index >= 15 is 0 Å². The maximum Gasteiger partial charge on any atom is 1.00 e. The molecule has 0 heterocycles. The van der Waals surface area contributed by atoms with Crippen molar-refractivity contribution in [3.63, 3.8) is 0 Å². The molecule has 71 valence electrons. The first-order valence-corrected chi connectivity index (χ1v) is 4.19. The van der Waals surface area contributed by atoms with Crippen molar-refractivity contribution in [2.24, 2.45) is 0 Å². The van der Waals surface area contributed by atoms with E-state index in [4.69, 9.17) is 0 Å². The van der Waals surface area contributed by atoms with E-state index in [1.807, 2.05) is 13.0 Å². The van der Waals surface area contributed by atoms with Gasteiger partial charge in [0.1, 0.15) is 5.82 Å². The van der Waals surface area contributed by atoms with Crippen molar-refractivity contribution in [2.45, 2.75) is 20.4 Å². The summed E-state index contributed by atoms with van der Waals surface area (Å²) in [5.74, 6) is -0.159. The quantitative estimate of drug-likeness (QED) is 0.619. The zero-order valence-corrected chi connectivity index (χ0v) is 10.3. The van der Waals surface area contributed by atoms with Gasteiger partial charge in [-0.05, 0) is 36.7 Å². The number of aryl methyl sites for hydroxylation is 1. The van der Waals surface area contributed by atoms with Crippen LogP contribution < -0.4 is 24.2 Å². The average molecular weight is 202 g/mol. The van der Waals surface area contributed by atoms with Crippen LogP contribution in [0.5, 0.6) is 0 Å². The summed E-state index contributed by atoms with van der Waals surface area (Å²) in [6.45, 7) is 5.74. The van der Waals surface area contributed by atoms with Crippen LogP contribution in [0, 0.1) is 12.7 Å². The Morgan fingerprint density at radius 1 is 1.43 bits per heavy atom. The van der Waals surface area contributed by atoms with Gasteiger partial charge in [0, 0.05) is 23.9 Å². The van der Waals surface area contributed by atoms with Gasteiger partial charge in [0.25, 0.3) is 0 Å². The van der Waals surface area contributed by atoms with E-state index in [0.717, 1.165) is 18.7 Å². The van der Waals surface area contributed by atoms with Crippen LogP contribution >= 0.6 is 0 Å². The predicted octanol–water partition coefficient (Wildman–Crippen LogP) is -1.02. The molecule has 0 amide bonds. The molecule has 1 N–H and O–H groups in total. The van der Waals surface area contributed by atoms with E-state index in [9.17, 15) is 4.39 Å². The summed E-state index contributed by atoms with van der Waals surface area (Å²) in [6, 6.07) is 4.89. The van der Waals surface area contributed by atoms with Crippen LogP contribution in [0.2, 0.25) is 0 Å². The van der Waals surface area contributed by atoms with Crippen molar-refractivity contribution in [2.75, 3.05) is 6.54 Å². The zero-order chi connectivity index (χ0) is 8.97. The van der Waals surface area contributed by atoms with Crippen molar-refractivity contribution in [1.82, 2.24) is 5.32 Å². The van der Waals surface area contributed by atoms with Gasteiger partial charge in [-0.1, -0.05) is 13.0 Å². The number of hydrogen-bond acceptors (Lipinski definition) is 1. The number of hydrogen-bond donors (Lipinski definition) is 1. The van der Waals surface area contributed by atoms with Crippen molar-refractivity contribution in [3.05, 3.63) is 35.1 Å². The fourth-order valence-electron chi connectivity index (χ4n) is 1.12. The van der Waals surface area contributed by atoms with Gasteiger partial charge >= 0.3 is 18.9 Å². The molecule has 0 bridgehead atoms.